The number of hydrogen-bond donors (Lipinski definition) is 1. The SMILES string of the molecule is CCOc1ccc2nc(C)c(CC)c(NC)c2c1. The first-order valence-corrected chi connectivity index (χ1v) is 6.45. The number of pyridine rings is 1. The lowest BCUT2D eigenvalue weighted by Gasteiger charge is -2.14. The smallest absolute Gasteiger partial charge is 0.120 e. The first-order chi connectivity index (χ1) is 8.71. The van der Waals surface area contributed by atoms with E-state index in [9.17, 15) is 0 Å². The summed E-state index contributed by atoms with van der Waals surface area (Å²) >= 11 is 0. The Hall–Kier alpha value is -1.77. The maximum Gasteiger partial charge on any atom is 0.120 e. The van der Waals surface area contributed by atoms with Crippen LogP contribution in [0.25, 0.3) is 10.9 Å². The molecule has 1 heterocycles. The number of rotatable bonds is 4. The molecule has 1 aromatic heterocycles. The van der Waals surface area contributed by atoms with E-state index in [0.717, 1.165) is 28.8 Å². The highest BCUT2D eigenvalue weighted by atomic mass is 16.5. The van der Waals surface area contributed by atoms with Crippen LogP contribution in [0.4, 0.5) is 5.69 Å². The van der Waals surface area contributed by atoms with Crippen molar-refractivity contribution in [2.45, 2.75) is 27.2 Å². The molecule has 96 valence electrons. The molecular weight excluding hydrogens is 224 g/mol. The van der Waals surface area contributed by atoms with Gasteiger partial charge in [-0.15, -0.1) is 0 Å². The van der Waals surface area contributed by atoms with E-state index in [1.165, 1.54) is 11.3 Å². The Morgan fingerprint density at radius 2 is 2.06 bits per heavy atom. The fourth-order valence-corrected chi connectivity index (χ4v) is 2.38. The molecule has 0 fully saturated rings. The third-order valence-electron chi connectivity index (χ3n) is 3.18. The molecule has 0 unspecified atom stereocenters. The van der Waals surface area contributed by atoms with Crippen molar-refractivity contribution in [3.8, 4) is 5.75 Å². The van der Waals surface area contributed by atoms with Gasteiger partial charge in [0.2, 0.25) is 0 Å². The van der Waals surface area contributed by atoms with E-state index in [2.05, 4.69) is 30.2 Å². The van der Waals surface area contributed by atoms with Crippen LogP contribution in [-0.4, -0.2) is 18.6 Å². The van der Waals surface area contributed by atoms with Crippen LogP contribution in [-0.2, 0) is 6.42 Å². The van der Waals surface area contributed by atoms with Gasteiger partial charge in [-0.3, -0.25) is 4.98 Å². The van der Waals surface area contributed by atoms with Crippen LogP contribution in [0.3, 0.4) is 0 Å². The number of hydrogen-bond acceptors (Lipinski definition) is 3. The summed E-state index contributed by atoms with van der Waals surface area (Å²) in [5, 5.41) is 4.43. The average molecular weight is 244 g/mol. The molecule has 0 amide bonds. The Morgan fingerprint density at radius 3 is 2.67 bits per heavy atom. The second-order valence-corrected chi connectivity index (χ2v) is 4.27. The first kappa shape index (κ1) is 12.7. The van der Waals surface area contributed by atoms with E-state index >= 15 is 0 Å². The molecule has 0 aliphatic carbocycles. The zero-order valence-electron chi connectivity index (χ0n) is 11.5. The van der Waals surface area contributed by atoms with E-state index < -0.39 is 0 Å². The maximum absolute atomic E-state index is 5.56. The summed E-state index contributed by atoms with van der Waals surface area (Å²) in [6.07, 6.45) is 0.976. The number of anilines is 1. The monoisotopic (exact) mass is 244 g/mol. The lowest BCUT2D eigenvalue weighted by atomic mass is 10.0. The molecule has 0 bridgehead atoms. The van der Waals surface area contributed by atoms with Gasteiger partial charge in [0.05, 0.1) is 12.1 Å². The summed E-state index contributed by atoms with van der Waals surface area (Å²) in [5.74, 6) is 0.897. The standard InChI is InChI=1S/C15H20N2O/c1-5-12-10(3)17-14-8-7-11(18-6-2)9-13(14)15(12)16-4/h7-9H,5-6H2,1-4H3,(H,16,17). The Bertz CT molecular complexity index is 564. The van der Waals surface area contributed by atoms with Gasteiger partial charge < -0.3 is 10.1 Å². The van der Waals surface area contributed by atoms with Crippen molar-refractivity contribution in [3.63, 3.8) is 0 Å². The zero-order valence-corrected chi connectivity index (χ0v) is 11.5. The van der Waals surface area contributed by atoms with Crippen molar-refractivity contribution < 1.29 is 4.74 Å². The molecule has 0 aliphatic rings. The quantitative estimate of drug-likeness (QED) is 0.893. The minimum Gasteiger partial charge on any atom is -0.494 e. The van der Waals surface area contributed by atoms with E-state index in [1.807, 2.05) is 26.1 Å². The number of aromatic nitrogens is 1. The summed E-state index contributed by atoms with van der Waals surface area (Å²) in [6.45, 7) is 6.90. The second kappa shape index (κ2) is 5.25. The van der Waals surface area contributed by atoms with Gasteiger partial charge in [0.25, 0.3) is 0 Å². The molecule has 0 atom stereocenters. The minimum atomic E-state index is 0.681. The Kier molecular flexibility index (Phi) is 3.70. The zero-order chi connectivity index (χ0) is 13.1. The Balaban J connectivity index is 2.70. The van der Waals surface area contributed by atoms with Crippen LogP contribution in [0, 0.1) is 6.92 Å². The van der Waals surface area contributed by atoms with Gasteiger partial charge in [-0.1, -0.05) is 6.92 Å². The van der Waals surface area contributed by atoms with Gasteiger partial charge in [0.1, 0.15) is 5.75 Å². The molecule has 0 saturated carbocycles. The van der Waals surface area contributed by atoms with Crippen LogP contribution >= 0.6 is 0 Å². The lowest BCUT2D eigenvalue weighted by Crippen LogP contribution is -2.01. The van der Waals surface area contributed by atoms with Gasteiger partial charge in [-0.05, 0) is 44.0 Å². The fraction of sp³-hybridized carbons (Fsp3) is 0.400. The largest absolute Gasteiger partial charge is 0.494 e. The molecule has 0 spiro atoms. The number of benzene rings is 1. The highest BCUT2D eigenvalue weighted by Gasteiger charge is 2.10. The highest BCUT2D eigenvalue weighted by molar-refractivity contribution is 5.94. The minimum absolute atomic E-state index is 0.681. The predicted molar refractivity (Wildman–Crippen MR) is 76.6 cm³/mol. The Morgan fingerprint density at radius 1 is 1.28 bits per heavy atom. The molecule has 0 saturated heterocycles. The van der Waals surface area contributed by atoms with Gasteiger partial charge in [0, 0.05) is 23.8 Å². The van der Waals surface area contributed by atoms with Crippen molar-refractivity contribution in [3.05, 3.63) is 29.5 Å². The van der Waals surface area contributed by atoms with Crippen molar-refractivity contribution >= 4 is 16.6 Å². The summed E-state index contributed by atoms with van der Waals surface area (Å²) in [6, 6.07) is 6.06. The fourth-order valence-electron chi connectivity index (χ4n) is 2.38. The number of nitrogens with one attached hydrogen (secondary N) is 1. The number of aryl methyl sites for hydroxylation is 1. The molecule has 2 rings (SSSR count). The first-order valence-electron chi connectivity index (χ1n) is 6.45. The van der Waals surface area contributed by atoms with Crippen LogP contribution in [0.1, 0.15) is 25.1 Å². The number of fused-ring (bicyclic) bond motifs is 1. The molecule has 3 nitrogen and oxygen atoms in total. The summed E-state index contributed by atoms with van der Waals surface area (Å²) in [7, 11) is 1.96. The normalized spacial score (nSPS) is 10.7. The highest BCUT2D eigenvalue weighted by Crippen LogP contribution is 2.31. The summed E-state index contributed by atoms with van der Waals surface area (Å²) in [5.41, 5.74) is 4.55. The van der Waals surface area contributed by atoms with Crippen molar-refractivity contribution in [1.29, 1.82) is 0 Å². The number of nitrogens with zero attached hydrogens (tertiary/aromatic N) is 1. The predicted octanol–water partition coefficient (Wildman–Crippen LogP) is 3.55. The summed E-state index contributed by atoms with van der Waals surface area (Å²) in [4.78, 5) is 4.66. The van der Waals surface area contributed by atoms with Gasteiger partial charge in [0.15, 0.2) is 0 Å². The molecule has 0 aliphatic heterocycles. The Labute approximate surface area is 108 Å². The van der Waals surface area contributed by atoms with Crippen LogP contribution in [0.5, 0.6) is 5.75 Å². The lowest BCUT2D eigenvalue weighted by molar-refractivity contribution is 0.340. The van der Waals surface area contributed by atoms with E-state index in [4.69, 9.17) is 4.74 Å². The molecule has 3 heteroatoms. The molecule has 18 heavy (non-hydrogen) atoms. The van der Waals surface area contributed by atoms with E-state index in [0.29, 0.717) is 6.61 Å². The van der Waals surface area contributed by atoms with Gasteiger partial charge in [-0.2, -0.15) is 0 Å². The number of ether oxygens (including phenoxy) is 1. The third kappa shape index (κ3) is 2.13. The third-order valence-corrected chi connectivity index (χ3v) is 3.18. The molecule has 2 aromatic rings. The van der Waals surface area contributed by atoms with Gasteiger partial charge in [-0.25, -0.2) is 0 Å². The van der Waals surface area contributed by atoms with Crippen molar-refractivity contribution in [2.75, 3.05) is 19.0 Å². The van der Waals surface area contributed by atoms with Crippen molar-refractivity contribution in [2.24, 2.45) is 0 Å². The molecule has 1 aromatic carbocycles. The van der Waals surface area contributed by atoms with Crippen LogP contribution in [0.15, 0.2) is 18.2 Å². The van der Waals surface area contributed by atoms with E-state index in [-0.39, 0.29) is 0 Å². The molecular formula is C15H20N2O. The van der Waals surface area contributed by atoms with E-state index in [1.54, 1.807) is 0 Å². The molecule has 0 radical (unpaired) electrons. The van der Waals surface area contributed by atoms with Crippen molar-refractivity contribution in [1.82, 2.24) is 4.98 Å². The average Bonchev–Trinajstić information content (AvgIpc) is 2.38. The van der Waals surface area contributed by atoms with Crippen LogP contribution in [0.2, 0.25) is 0 Å². The topological polar surface area (TPSA) is 34.1 Å². The second-order valence-electron chi connectivity index (χ2n) is 4.27. The maximum atomic E-state index is 5.56. The van der Waals surface area contributed by atoms with Gasteiger partial charge >= 0.3 is 0 Å². The van der Waals surface area contributed by atoms with Crippen LogP contribution < -0.4 is 10.1 Å². The summed E-state index contributed by atoms with van der Waals surface area (Å²) < 4.78 is 5.56. The molecule has 1 N–H and O–H groups in total.